The number of carboxylic acids is 1. The van der Waals surface area contributed by atoms with E-state index in [1.807, 2.05) is 13.0 Å². The zero-order chi connectivity index (χ0) is 28.0. The lowest BCUT2D eigenvalue weighted by atomic mass is 9.81. The van der Waals surface area contributed by atoms with Gasteiger partial charge in [-0.25, -0.2) is 9.37 Å². The molecule has 0 spiro atoms. The Kier molecular flexibility index (Phi) is 7.07. The van der Waals surface area contributed by atoms with E-state index in [2.05, 4.69) is 5.32 Å². The summed E-state index contributed by atoms with van der Waals surface area (Å²) in [6.07, 6.45) is 1.89. The number of pyridine rings is 2. The van der Waals surface area contributed by atoms with Crippen molar-refractivity contribution in [2.24, 2.45) is 0 Å². The molecule has 0 radical (unpaired) electrons. The van der Waals surface area contributed by atoms with Gasteiger partial charge in [0.05, 0.1) is 42.5 Å². The standard InChI is InChI=1S/C29H30FN3O6/c1-4-15(12-34)17-9-23-28-18(11-33(23)29(38)19(17)13-39-3)27-21(31-24(35)7-8-25(36)37)6-5-16-14(2)20(30)10-22(32-28)26(16)27/h9-10,12,15,21H,4-8,11,13H2,1-3H3,(H,31,35)(H,36,37). The van der Waals surface area contributed by atoms with Gasteiger partial charge < -0.3 is 24.5 Å². The summed E-state index contributed by atoms with van der Waals surface area (Å²) < 4.78 is 21.9. The molecule has 1 aliphatic carbocycles. The molecule has 3 heterocycles. The quantitative estimate of drug-likeness (QED) is 0.313. The number of aromatic nitrogens is 2. The van der Waals surface area contributed by atoms with E-state index in [1.165, 1.54) is 13.2 Å². The van der Waals surface area contributed by atoms with Gasteiger partial charge in [0.1, 0.15) is 12.1 Å². The van der Waals surface area contributed by atoms with Crippen molar-refractivity contribution in [1.29, 1.82) is 0 Å². The van der Waals surface area contributed by atoms with Gasteiger partial charge in [-0.1, -0.05) is 6.92 Å². The van der Waals surface area contributed by atoms with Gasteiger partial charge in [-0.2, -0.15) is 0 Å². The Balaban J connectivity index is 1.74. The van der Waals surface area contributed by atoms with Crippen molar-refractivity contribution in [3.63, 3.8) is 0 Å². The molecule has 204 valence electrons. The van der Waals surface area contributed by atoms with Crippen LogP contribution in [-0.2, 0) is 38.7 Å². The molecule has 39 heavy (non-hydrogen) atoms. The minimum absolute atomic E-state index is 0.0498. The molecule has 9 nitrogen and oxygen atoms in total. The van der Waals surface area contributed by atoms with Gasteiger partial charge in [0, 0.05) is 42.0 Å². The number of ether oxygens (including phenoxy) is 1. The third-order valence-electron chi connectivity index (χ3n) is 7.96. The number of rotatable bonds is 9. The number of methoxy groups -OCH3 is 1. The number of aldehydes is 1. The second-order valence-corrected chi connectivity index (χ2v) is 10.2. The van der Waals surface area contributed by atoms with Crippen LogP contribution in [0, 0.1) is 12.7 Å². The van der Waals surface area contributed by atoms with E-state index < -0.39 is 23.8 Å². The maximum Gasteiger partial charge on any atom is 0.303 e. The Hall–Kier alpha value is -3.92. The predicted molar refractivity (Wildman–Crippen MR) is 141 cm³/mol. The van der Waals surface area contributed by atoms with Gasteiger partial charge in [-0.05, 0) is 54.5 Å². The van der Waals surface area contributed by atoms with Crippen molar-refractivity contribution in [2.45, 2.75) is 71.1 Å². The Morgan fingerprint density at radius 3 is 2.74 bits per heavy atom. The highest BCUT2D eigenvalue weighted by molar-refractivity contribution is 5.93. The average Bonchev–Trinajstić information content (AvgIpc) is 3.27. The zero-order valence-electron chi connectivity index (χ0n) is 22.1. The molecule has 10 heteroatoms. The maximum atomic E-state index is 15.0. The van der Waals surface area contributed by atoms with Crippen LogP contribution < -0.4 is 10.9 Å². The molecule has 2 atom stereocenters. The summed E-state index contributed by atoms with van der Waals surface area (Å²) in [6, 6.07) is 2.74. The molecule has 2 unspecified atom stereocenters. The van der Waals surface area contributed by atoms with Crippen molar-refractivity contribution in [1.82, 2.24) is 14.9 Å². The summed E-state index contributed by atoms with van der Waals surface area (Å²) in [5, 5.41) is 12.7. The average molecular weight is 536 g/mol. The van der Waals surface area contributed by atoms with Gasteiger partial charge in [0.2, 0.25) is 5.91 Å². The Bertz CT molecular complexity index is 1590. The summed E-state index contributed by atoms with van der Waals surface area (Å²) in [7, 11) is 1.49. The van der Waals surface area contributed by atoms with E-state index in [4.69, 9.17) is 14.8 Å². The molecule has 0 saturated heterocycles. The van der Waals surface area contributed by atoms with E-state index in [-0.39, 0.29) is 37.4 Å². The number of hydrogen-bond donors (Lipinski definition) is 2. The van der Waals surface area contributed by atoms with E-state index in [0.717, 1.165) is 28.4 Å². The van der Waals surface area contributed by atoms with E-state index >= 15 is 0 Å². The second-order valence-electron chi connectivity index (χ2n) is 10.2. The number of aliphatic carboxylic acids is 1. The van der Waals surface area contributed by atoms with Crippen LogP contribution in [0.1, 0.15) is 77.9 Å². The van der Waals surface area contributed by atoms with Crippen molar-refractivity contribution in [3.05, 3.63) is 61.7 Å². The minimum atomic E-state index is -1.06. The first kappa shape index (κ1) is 26.7. The second kappa shape index (κ2) is 10.3. The van der Waals surface area contributed by atoms with Crippen LogP contribution in [0.25, 0.3) is 22.3 Å². The first-order valence-corrected chi connectivity index (χ1v) is 13.1. The number of benzene rings is 1. The highest BCUT2D eigenvalue weighted by atomic mass is 19.1. The van der Waals surface area contributed by atoms with Crippen LogP contribution in [-0.4, -0.2) is 39.9 Å². The number of aryl methyl sites for hydroxylation is 1. The zero-order valence-corrected chi connectivity index (χ0v) is 22.1. The first-order valence-electron chi connectivity index (χ1n) is 13.1. The van der Waals surface area contributed by atoms with E-state index in [1.54, 1.807) is 11.5 Å². The maximum absolute atomic E-state index is 15.0. The molecule has 0 bridgehead atoms. The molecule has 2 aliphatic rings. The van der Waals surface area contributed by atoms with Gasteiger partial charge in [0.15, 0.2) is 0 Å². The summed E-state index contributed by atoms with van der Waals surface area (Å²) in [5.41, 5.74) is 5.08. The molecule has 2 aromatic heterocycles. The van der Waals surface area contributed by atoms with Crippen LogP contribution in [0.2, 0.25) is 0 Å². The molecule has 1 amide bonds. The summed E-state index contributed by atoms with van der Waals surface area (Å²) in [6.45, 7) is 3.84. The molecular weight excluding hydrogens is 505 g/mol. The number of hydrogen-bond acceptors (Lipinski definition) is 6. The third-order valence-corrected chi connectivity index (χ3v) is 7.96. The number of carboxylic acid groups (broad SMARTS) is 1. The van der Waals surface area contributed by atoms with Crippen LogP contribution in [0.15, 0.2) is 16.9 Å². The molecule has 0 fully saturated rings. The van der Waals surface area contributed by atoms with E-state index in [0.29, 0.717) is 52.9 Å². The topological polar surface area (TPSA) is 128 Å². The first-order chi connectivity index (χ1) is 18.7. The predicted octanol–water partition coefficient (Wildman–Crippen LogP) is 3.68. The highest BCUT2D eigenvalue weighted by Crippen LogP contribution is 2.45. The molecular formula is C29H30FN3O6. The highest BCUT2D eigenvalue weighted by Gasteiger charge is 2.35. The summed E-state index contributed by atoms with van der Waals surface area (Å²) in [5.74, 6) is -2.32. The Morgan fingerprint density at radius 2 is 2.08 bits per heavy atom. The fourth-order valence-electron chi connectivity index (χ4n) is 6.00. The Morgan fingerprint density at radius 1 is 1.31 bits per heavy atom. The lowest BCUT2D eigenvalue weighted by molar-refractivity contribution is -0.139. The molecule has 5 rings (SSSR count). The fraction of sp³-hybridized carbons (Fsp3) is 0.414. The van der Waals surface area contributed by atoms with Gasteiger partial charge >= 0.3 is 5.97 Å². The van der Waals surface area contributed by atoms with Gasteiger partial charge in [-0.15, -0.1) is 0 Å². The molecule has 1 aromatic carbocycles. The Labute approximate surface area is 224 Å². The van der Waals surface area contributed by atoms with Crippen molar-refractivity contribution in [3.8, 4) is 11.4 Å². The third kappa shape index (κ3) is 4.42. The number of carbonyl (C=O) groups excluding carboxylic acids is 2. The smallest absolute Gasteiger partial charge is 0.303 e. The van der Waals surface area contributed by atoms with Crippen LogP contribution in [0.5, 0.6) is 0 Å². The van der Waals surface area contributed by atoms with Crippen LogP contribution in [0.3, 0.4) is 0 Å². The SMILES string of the molecule is CCC(C=O)c1cc2n(c(=O)c1COC)Cc1c-2nc2cc(F)c(C)c3c2c1C(NC(=O)CCC(=O)O)CC3. The lowest BCUT2D eigenvalue weighted by Crippen LogP contribution is -2.32. The largest absolute Gasteiger partial charge is 0.481 e. The number of halogens is 1. The normalized spacial score (nSPS) is 16.1. The molecule has 2 N–H and O–H groups in total. The molecule has 1 aliphatic heterocycles. The molecule has 0 saturated carbocycles. The molecule has 3 aromatic rings. The van der Waals surface area contributed by atoms with Gasteiger partial charge in [0.25, 0.3) is 5.56 Å². The number of nitrogens with zero attached hydrogens (tertiary/aromatic N) is 2. The minimum Gasteiger partial charge on any atom is -0.481 e. The van der Waals surface area contributed by atoms with Crippen molar-refractivity contribution < 1.29 is 28.6 Å². The number of carbonyl (C=O) groups is 3. The van der Waals surface area contributed by atoms with Crippen LogP contribution >= 0.6 is 0 Å². The van der Waals surface area contributed by atoms with Crippen LogP contribution in [0.4, 0.5) is 4.39 Å². The van der Waals surface area contributed by atoms with Gasteiger partial charge in [-0.3, -0.25) is 14.4 Å². The number of nitrogens with one attached hydrogen (secondary N) is 1. The van der Waals surface area contributed by atoms with Crippen molar-refractivity contribution >= 4 is 29.1 Å². The summed E-state index contributed by atoms with van der Waals surface area (Å²) >= 11 is 0. The van der Waals surface area contributed by atoms with Crippen molar-refractivity contribution in [2.75, 3.05) is 7.11 Å². The fourth-order valence-corrected chi connectivity index (χ4v) is 6.00. The monoisotopic (exact) mass is 535 g/mol. The number of fused-ring (bicyclic) bond motifs is 4. The number of amides is 1. The van der Waals surface area contributed by atoms with E-state index in [9.17, 15) is 23.6 Å². The summed E-state index contributed by atoms with van der Waals surface area (Å²) in [4.78, 5) is 54.1. The lowest BCUT2D eigenvalue weighted by Gasteiger charge is -2.29.